The van der Waals surface area contributed by atoms with Gasteiger partial charge in [0.05, 0.1) is 22.3 Å². The molecule has 6 rings (SSSR count). The second-order valence-electron chi connectivity index (χ2n) is 9.82. The van der Waals surface area contributed by atoms with Gasteiger partial charge in [-0.25, -0.2) is 4.98 Å². The van der Waals surface area contributed by atoms with Gasteiger partial charge in [0.1, 0.15) is 5.82 Å². The van der Waals surface area contributed by atoms with Crippen LogP contribution in [-0.4, -0.2) is 28.5 Å². The number of fused-ring (bicyclic) bond motifs is 3. The Morgan fingerprint density at radius 3 is 2.58 bits per heavy atom. The van der Waals surface area contributed by atoms with Crippen molar-refractivity contribution in [2.45, 2.75) is 58.4 Å². The summed E-state index contributed by atoms with van der Waals surface area (Å²) in [6, 6.07) is 10.4. The molecular weight excluding hydrogens is 384 g/mol. The Labute approximate surface area is 183 Å². The van der Waals surface area contributed by atoms with Crippen molar-refractivity contribution in [3.8, 4) is 11.1 Å². The normalized spacial score (nSPS) is 19.6. The van der Waals surface area contributed by atoms with Gasteiger partial charge in [0.2, 0.25) is 0 Å². The molecule has 1 saturated carbocycles. The second-order valence-corrected chi connectivity index (χ2v) is 9.82. The minimum Gasteiger partial charge on any atom is -0.370 e. The lowest BCUT2D eigenvalue weighted by atomic mass is 9.89. The van der Waals surface area contributed by atoms with Gasteiger partial charge in [0.15, 0.2) is 0 Å². The number of benzene rings is 2. The first kappa shape index (κ1) is 18.9. The average molecular weight is 415 g/mol. The van der Waals surface area contributed by atoms with Crippen LogP contribution in [0.4, 0.5) is 5.69 Å². The van der Waals surface area contributed by atoms with Crippen molar-refractivity contribution < 1.29 is 4.79 Å². The molecular formula is C26H30N4O. The molecule has 3 heterocycles. The number of carbonyl (C=O) groups excluding carboxylic acids is 1. The number of nitrogens with two attached hydrogens (primary N) is 1. The Kier molecular flexibility index (Phi) is 4.17. The molecule has 3 aliphatic rings. The van der Waals surface area contributed by atoms with Crippen LogP contribution >= 0.6 is 0 Å². The van der Waals surface area contributed by atoms with Gasteiger partial charge in [-0.1, -0.05) is 18.2 Å². The van der Waals surface area contributed by atoms with Crippen molar-refractivity contribution in [3.05, 3.63) is 47.3 Å². The monoisotopic (exact) mass is 414 g/mol. The highest BCUT2D eigenvalue weighted by atomic mass is 16.1. The summed E-state index contributed by atoms with van der Waals surface area (Å²) in [5.41, 5.74) is 13.8. The first-order valence-corrected chi connectivity index (χ1v) is 11.7. The van der Waals surface area contributed by atoms with Crippen molar-refractivity contribution in [1.82, 2.24) is 9.55 Å². The maximum absolute atomic E-state index is 12.5. The zero-order chi connectivity index (χ0) is 21.2. The van der Waals surface area contributed by atoms with Gasteiger partial charge in [-0.3, -0.25) is 4.79 Å². The quantitative estimate of drug-likeness (QED) is 0.668. The summed E-state index contributed by atoms with van der Waals surface area (Å²) in [6.07, 6.45) is 8.60. The Morgan fingerprint density at radius 2 is 1.84 bits per heavy atom. The van der Waals surface area contributed by atoms with E-state index >= 15 is 0 Å². The summed E-state index contributed by atoms with van der Waals surface area (Å²) in [7, 11) is 0. The fourth-order valence-corrected chi connectivity index (χ4v) is 5.83. The van der Waals surface area contributed by atoms with E-state index in [2.05, 4.69) is 34.6 Å². The predicted octanol–water partition coefficient (Wildman–Crippen LogP) is 4.83. The smallest absolute Gasteiger partial charge is 0.250 e. The van der Waals surface area contributed by atoms with E-state index in [0.29, 0.717) is 11.0 Å². The Hall–Kier alpha value is -2.82. The third kappa shape index (κ3) is 2.97. The third-order valence-corrected chi connectivity index (χ3v) is 7.91. The number of hydrogen-bond acceptors (Lipinski definition) is 3. The van der Waals surface area contributed by atoms with Crippen LogP contribution in [0.3, 0.4) is 0 Å². The number of primary amides is 1. The van der Waals surface area contributed by atoms with Gasteiger partial charge >= 0.3 is 0 Å². The summed E-state index contributed by atoms with van der Waals surface area (Å²) < 4.78 is 2.38. The van der Waals surface area contributed by atoms with Crippen LogP contribution in [0.15, 0.2) is 30.3 Å². The number of amides is 1. The molecule has 2 N–H and O–H groups in total. The molecule has 1 aromatic heterocycles. The van der Waals surface area contributed by atoms with Crippen LogP contribution in [0.25, 0.3) is 22.2 Å². The molecule has 5 nitrogen and oxygen atoms in total. The maximum Gasteiger partial charge on any atom is 0.250 e. The van der Waals surface area contributed by atoms with E-state index in [1.54, 1.807) is 0 Å². The summed E-state index contributed by atoms with van der Waals surface area (Å²) >= 11 is 0. The van der Waals surface area contributed by atoms with Crippen molar-refractivity contribution >= 4 is 22.6 Å². The van der Waals surface area contributed by atoms with Gasteiger partial charge in [-0.15, -0.1) is 0 Å². The Bertz CT molecular complexity index is 1190. The number of aryl methyl sites for hydroxylation is 3. The average Bonchev–Trinajstić information content (AvgIpc) is 3.42. The fraction of sp³-hybridized carbons (Fsp3) is 0.462. The topological polar surface area (TPSA) is 64.2 Å². The molecule has 0 atom stereocenters. The van der Waals surface area contributed by atoms with E-state index in [-0.39, 0.29) is 5.91 Å². The SMILES string of the molecule is Cc1ccc(C(N)=O)c(N2CCC3(CC2)CC3)c1-c1cccc2c1nc1n2CCCC1. The van der Waals surface area contributed by atoms with E-state index in [1.165, 1.54) is 55.4 Å². The first-order valence-electron chi connectivity index (χ1n) is 11.7. The molecule has 2 fully saturated rings. The number of anilines is 1. The fourth-order valence-electron chi connectivity index (χ4n) is 5.83. The van der Waals surface area contributed by atoms with Gasteiger partial charge in [0.25, 0.3) is 5.91 Å². The molecule has 0 bridgehead atoms. The highest BCUT2D eigenvalue weighted by Gasteiger charge is 2.45. The zero-order valence-electron chi connectivity index (χ0n) is 18.3. The zero-order valence-corrected chi connectivity index (χ0v) is 18.3. The van der Waals surface area contributed by atoms with Gasteiger partial charge in [-0.05, 0) is 68.6 Å². The molecule has 1 amide bonds. The number of nitrogens with zero attached hydrogens (tertiary/aromatic N) is 3. The van der Waals surface area contributed by atoms with Crippen LogP contribution in [0.1, 0.15) is 60.3 Å². The standard InChI is InChI=1S/C26H30N4O/c1-17-8-9-19(25(27)31)24(29-15-12-26(10-11-26)13-16-29)22(17)18-5-4-6-20-23(18)28-21-7-2-3-14-30(20)21/h4-6,8-9H,2-3,7,10-16H2,1H3,(H2,27,31). The van der Waals surface area contributed by atoms with Crippen LogP contribution in [0.5, 0.6) is 0 Å². The number of imidazole rings is 1. The molecule has 2 aromatic carbocycles. The van der Waals surface area contributed by atoms with Crippen molar-refractivity contribution in [3.63, 3.8) is 0 Å². The highest BCUT2D eigenvalue weighted by Crippen LogP contribution is 2.54. The molecule has 1 saturated heterocycles. The molecule has 31 heavy (non-hydrogen) atoms. The lowest BCUT2D eigenvalue weighted by molar-refractivity contribution is 0.100. The number of rotatable bonds is 3. The lowest BCUT2D eigenvalue weighted by Crippen LogP contribution is -2.36. The van der Waals surface area contributed by atoms with Crippen LogP contribution in [0.2, 0.25) is 0 Å². The minimum atomic E-state index is -0.348. The molecule has 0 radical (unpaired) electrons. The molecule has 1 spiro atoms. The number of para-hydroxylation sites is 1. The van der Waals surface area contributed by atoms with Crippen LogP contribution in [-0.2, 0) is 13.0 Å². The van der Waals surface area contributed by atoms with E-state index < -0.39 is 0 Å². The number of aromatic nitrogens is 2. The van der Waals surface area contributed by atoms with Gasteiger partial charge in [0, 0.05) is 37.2 Å². The van der Waals surface area contributed by atoms with Crippen LogP contribution in [0, 0.1) is 12.3 Å². The van der Waals surface area contributed by atoms with Crippen molar-refractivity contribution in [2.24, 2.45) is 11.1 Å². The number of carbonyl (C=O) groups is 1. The summed E-state index contributed by atoms with van der Waals surface area (Å²) in [5.74, 6) is 0.840. The van der Waals surface area contributed by atoms with E-state index in [0.717, 1.165) is 48.4 Å². The summed E-state index contributed by atoms with van der Waals surface area (Å²) in [5, 5.41) is 0. The van der Waals surface area contributed by atoms with E-state index in [4.69, 9.17) is 10.7 Å². The molecule has 5 heteroatoms. The number of hydrogen-bond donors (Lipinski definition) is 1. The first-order chi connectivity index (χ1) is 15.1. The molecule has 3 aromatic rings. The summed E-state index contributed by atoms with van der Waals surface area (Å²) in [6.45, 7) is 5.17. The number of piperidine rings is 1. The molecule has 1 aliphatic carbocycles. The van der Waals surface area contributed by atoms with E-state index in [1.807, 2.05) is 12.1 Å². The minimum absolute atomic E-state index is 0.348. The van der Waals surface area contributed by atoms with Crippen LogP contribution < -0.4 is 10.6 Å². The van der Waals surface area contributed by atoms with E-state index in [9.17, 15) is 4.79 Å². The molecule has 2 aliphatic heterocycles. The Balaban J connectivity index is 1.56. The summed E-state index contributed by atoms with van der Waals surface area (Å²) in [4.78, 5) is 20.0. The third-order valence-electron chi connectivity index (χ3n) is 7.91. The largest absolute Gasteiger partial charge is 0.370 e. The molecule has 160 valence electrons. The maximum atomic E-state index is 12.5. The van der Waals surface area contributed by atoms with Crippen molar-refractivity contribution in [2.75, 3.05) is 18.0 Å². The highest BCUT2D eigenvalue weighted by molar-refractivity contribution is 6.06. The van der Waals surface area contributed by atoms with Crippen molar-refractivity contribution in [1.29, 1.82) is 0 Å². The Morgan fingerprint density at radius 1 is 1.03 bits per heavy atom. The van der Waals surface area contributed by atoms with Gasteiger partial charge in [-0.2, -0.15) is 0 Å². The van der Waals surface area contributed by atoms with Gasteiger partial charge < -0.3 is 15.2 Å². The lowest BCUT2D eigenvalue weighted by Gasteiger charge is -2.36. The molecule has 0 unspecified atom stereocenters. The second kappa shape index (κ2) is 6.84. The predicted molar refractivity (Wildman–Crippen MR) is 124 cm³/mol.